The minimum absolute atomic E-state index is 0.0388. The largest absolute Gasteiger partial charge is 0.394 e. The Morgan fingerprint density at radius 1 is 0.411 bits per heavy atom. The average Bonchev–Trinajstić information content (AvgIpc) is 1.68. The van der Waals surface area contributed by atoms with E-state index in [-0.39, 0.29) is 56.8 Å². The van der Waals surface area contributed by atoms with E-state index in [0.29, 0.717) is 39.3 Å². The molecule has 12 aromatic heterocycles. The Morgan fingerprint density at radius 3 is 1.44 bits per heavy atom. The van der Waals surface area contributed by atoms with E-state index in [0.717, 1.165) is 0 Å². The second-order valence-electron chi connectivity index (χ2n) is 19.0. The summed E-state index contributed by atoms with van der Waals surface area (Å²) in [5, 5.41) is 86.1. The van der Waals surface area contributed by atoms with Gasteiger partial charge in [-0.2, -0.15) is 9.97 Å². The molecule has 45 heteroatoms. The summed E-state index contributed by atoms with van der Waals surface area (Å²) >= 11 is 0. The number of nitrogens with one attached hydrogen (secondary N) is 8. The maximum atomic E-state index is 11.7. The van der Waals surface area contributed by atoms with Crippen molar-refractivity contribution in [3.8, 4) is 0 Å². The molecule has 0 saturated carbocycles. The number of anilines is 4. The first kappa shape index (κ1) is 62.1. The summed E-state index contributed by atoms with van der Waals surface area (Å²) < 4.78 is 20.2. The molecule has 3 fully saturated rings. The molecule has 474 valence electrons. The topological polar surface area (TPSA) is 708 Å². The number of aliphatic hydroxyl groups is 9. The lowest BCUT2D eigenvalue weighted by atomic mass is 10.1. The van der Waals surface area contributed by atoms with Crippen LogP contribution in [0.1, 0.15) is 18.7 Å². The van der Waals surface area contributed by atoms with E-state index in [9.17, 15) is 54.6 Å². The number of aromatic nitrogens is 24. The highest BCUT2D eigenvalue weighted by atomic mass is 16.6. The van der Waals surface area contributed by atoms with Gasteiger partial charge in [-0.15, -0.1) is 0 Å². The Balaban J connectivity index is 0.000000121. The molecule has 0 bridgehead atoms. The van der Waals surface area contributed by atoms with Gasteiger partial charge in [0.1, 0.15) is 84.1 Å². The molecule has 90 heavy (non-hydrogen) atoms. The number of aromatic amines is 8. The van der Waals surface area contributed by atoms with Crippen molar-refractivity contribution >= 4 is 90.5 Å². The van der Waals surface area contributed by atoms with Crippen LogP contribution in [0.3, 0.4) is 0 Å². The lowest BCUT2D eigenvalue weighted by Gasteiger charge is -2.16. The van der Waals surface area contributed by atoms with Gasteiger partial charge in [-0.25, -0.2) is 59.6 Å². The number of aliphatic hydroxyl groups excluding tert-OH is 9. The fourth-order valence-corrected chi connectivity index (χ4v) is 9.07. The summed E-state index contributed by atoms with van der Waals surface area (Å²) in [6.07, 6.45) is -0.758. The van der Waals surface area contributed by atoms with E-state index in [1.165, 1.54) is 70.6 Å². The fraction of sp³-hybridized carbons (Fsp3) is 0.333. The molecule has 0 amide bonds. The molecule has 3 aliphatic rings. The number of rotatable bonds is 6. The first-order valence-electron chi connectivity index (χ1n) is 25.9. The molecule has 25 N–H and O–H groups in total. The number of hydrogen-bond acceptors (Lipinski definition) is 34. The summed E-state index contributed by atoms with van der Waals surface area (Å²) in [6.45, 7) is -1.26. The molecule has 0 spiro atoms. The maximum absolute atomic E-state index is 11.7. The number of H-pyrrole nitrogens is 8. The van der Waals surface area contributed by atoms with Crippen LogP contribution in [0.15, 0.2) is 80.9 Å². The molecule has 0 aromatic carbocycles. The van der Waals surface area contributed by atoms with Crippen molar-refractivity contribution in [1.29, 1.82) is 0 Å². The zero-order valence-electron chi connectivity index (χ0n) is 45.5. The normalized spacial score (nSPS) is 23.6. The molecule has 0 radical (unpaired) electrons. The predicted octanol–water partition coefficient (Wildman–Crippen LogP) is -8.83. The highest BCUT2D eigenvalue weighted by Gasteiger charge is 2.46. The molecule has 12 aromatic rings. The number of nitrogen functional groups attached to an aromatic ring is 4. The van der Waals surface area contributed by atoms with Crippen molar-refractivity contribution in [2.75, 3.05) is 42.8 Å². The molecule has 0 unspecified atom stereocenters. The van der Waals surface area contributed by atoms with Gasteiger partial charge < -0.3 is 103 Å². The summed E-state index contributed by atoms with van der Waals surface area (Å²) in [5.74, 6) is 0.628. The van der Waals surface area contributed by atoms with E-state index in [1.807, 2.05) is 0 Å². The average molecular weight is 1260 g/mol. The van der Waals surface area contributed by atoms with E-state index >= 15 is 0 Å². The van der Waals surface area contributed by atoms with Gasteiger partial charge in [-0.1, -0.05) is 0 Å². The number of nitrogens with two attached hydrogens (primary N) is 4. The number of ether oxygens (including phenoxy) is 3. The van der Waals surface area contributed by atoms with Gasteiger partial charge in [0.05, 0.1) is 64.1 Å². The first-order valence-corrected chi connectivity index (χ1v) is 25.9. The molecule has 15 rings (SSSR count). The van der Waals surface area contributed by atoms with Crippen LogP contribution >= 0.6 is 0 Å². The molecule has 45 nitrogen and oxygen atoms in total. The number of imidazole rings is 6. The van der Waals surface area contributed by atoms with Gasteiger partial charge in [-0.3, -0.25) is 52.8 Å². The molecule has 3 aliphatic heterocycles. The van der Waals surface area contributed by atoms with E-state index < -0.39 is 116 Å². The van der Waals surface area contributed by atoms with Crippen LogP contribution in [-0.4, -0.2) is 239 Å². The predicted molar refractivity (Wildman–Crippen MR) is 302 cm³/mol. The minimum Gasteiger partial charge on any atom is -0.394 e. The molecule has 0 aliphatic carbocycles. The zero-order chi connectivity index (χ0) is 64.2. The number of nitrogens with zero attached hydrogens (tertiary/aromatic N) is 16. The second kappa shape index (κ2) is 26.2. The molecular formula is C45H52N28O17. The van der Waals surface area contributed by atoms with Crippen LogP contribution in [0.25, 0.3) is 67.0 Å². The number of hydrogen-bond donors (Lipinski definition) is 21. The van der Waals surface area contributed by atoms with E-state index in [2.05, 4.69) is 105 Å². The van der Waals surface area contributed by atoms with Crippen LogP contribution in [0.4, 0.5) is 23.5 Å². The maximum Gasteiger partial charge on any atom is 0.327 e. The van der Waals surface area contributed by atoms with E-state index in [1.54, 1.807) is 0 Å². The highest BCUT2D eigenvalue weighted by molar-refractivity contribution is 5.81. The van der Waals surface area contributed by atoms with Gasteiger partial charge in [0.25, 0.3) is 22.2 Å². The third-order valence-corrected chi connectivity index (χ3v) is 13.5. The molecule has 3 saturated heterocycles. The summed E-state index contributed by atoms with van der Waals surface area (Å²) in [6, 6.07) is 0. The SMILES string of the molecule is Nc1nc2c(ncn2[C@@H]2O[C@H](CO)[C@@H](O)[C@H]2O)c(=O)[nH]1.Nc1nc2nc[nH]c2c(=O)[nH]1.Nc1ncnc2c1ncn2[C@@H]1O[C@H](CO)[C@@H](O)[C@H]1O.Nc1ncnc2nc[nH]c12.O=c1[nH]c(=O)c2[nH]cnc2[nH]1.O=c1[nH]cnc2c1ncn2[C@@H]1O[C@H](CO)[C@@H](O)[C@H]1O. The van der Waals surface area contributed by atoms with Gasteiger partial charge in [-0.05, 0) is 0 Å². The Morgan fingerprint density at radius 2 is 0.867 bits per heavy atom. The Kier molecular flexibility index (Phi) is 18.0. The van der Waals surface area contributed by atoms with Crippen molar-refractivity contribution < 1.29 is 60.2 Å². The smallest absolute Gasteiger partial charge is 0.327 e. The third-order valence-electron chi connectivity index (χ3n) is 13.5. The molecule has 15 heterocycles. The van der Waals surface area contributed by atoms with Crippen LogP contribution in [0.5, 0.6) is 0 Å². The molecule has 12 atom stereocenters. The lowest BCUT2D eigenvalue weighted by molar-refractivity contribution is -0.0511. The minimum atomic E-state index is -1.29. The summed E-state index contributed by atoms with van der Waals surface area (Å²) in [4.78, 5) is 126. The quantitative estimate of drug-likeness (QED) is 0.0735. The molecular weight excluding hydrogens is 1200 g/mol. The van der Waals surface area contributed by atoms with Gasteiger partial charge >= 0.3 is 5.69 Å². The van der Waals surface area contributed by atoms with Crippen molar-refractivity contribution in [2.45, 2.75) is 73.6 Å². The summed E-state index contributed by atoms with van der Waals surface area (Å²) in [7, 11) is 0. The Labute approximate surface area is 493 Å². The third kappa shape index (κ3) is 12.3. The van der Waals surface area contributed by atoms with Crippen LogP contribution in [0, 0.1) is 0 Å². The van der Waals surface area contributed by atoms with Crippen LogP contribution in [-0.2, 0) is 14.2 Å². The summed E-state index contributed by atoms with van der Waals surface area (Å²) in [5.41, 5.74) is 23.5. The van der Waals surface area contributed by atoms with Crippen molar-refractivity contribution in [1.82, 2.24) is 118 Å². The Hall–Kier alpha value is -11.0. The standard InChI is InChI=1S/C10H13N5O5.C10H13N5O4.C10H12N4O5.C5H5N5O.C5H5N5.C5H4N4O2/c11-10-13-7-4(8(19)14-10)12-2-15(7)9-6(18)5(17)3(1-16)20-9;11-8-5-9(13-2-12-8)15(3-14-5)10-7(18)6(17)4(1-16)19-10;15-1-4-6(16)7(17)10(19-4)14-3-13-5-8(14)11-2-12-9(5)18;6-5-9-3-2(4(11)10-5)7-1-8-3;6-4-3-5(9-1-7-3)10-2-8-4;10-4-2-3(7-1-6-2)8-5(11)9-4/h2-3,5-6,9,16-18H,1H2,(H3,11,13,14,19);2-4,6-7,10,16-18H,1H2,(H2,11,12,13);2-4,6-7,10,15-17H,1H2,(H,11,12,18);1H,(H4,6,7,8,9,10,11);1-2H,(H3,6,7,8,9,10);1H,(H3,6,7,8,9,10,11)/t3-,5-,6-,9-;2*4-,6-,7-,10-;;;/m111.../s1. The fourth-order valence-electron chi connectivity index (χ4n) is 9.07. The monoisotopic (exact) mass is 1260 g/mol. The Bertz CT molecular complexity index is 4760. The number of fused-ring (bicyclic) bond motifs is 6. The van der Waals surface area contributed by atoms with Crippen LogP contribution < -0.4 is 50.9 Å². The van der Waals surface area contributed by atoms with Crippen molar-refractivity contribution in [3.63, 3.8) is 0 Å². The van der Waals surface area contributed by atoms with Gasteiger partial charge in [0.15, 0.2) is 80.8 Å². The van der Waals surface area contributed by atoms with Gasteiger partial charge in [0.2, 0.25) is 11.9 Å². The zero-order valence-corrected chi connectivity index (χ0v) is 45.5. The van der Waals surface area contributed by atoms with Gasteiger partial charge in [0, 0.05) is 0 Å². The lowest BCUT2D eigenvalue weighted by Crippen LogP contribution is -2.33. The van der Waals surface area contributed by atoms with Crippen molar-refractivity contribution in [2.24, 2.45) is 0 Å². The second-order valence-corrected chi connectivity index (χ2v) is 19.0. The highest BCUT2D eigenvalue weighted by Crippen LogP contribution is 2.33. The van der Waals surface area contributed by atoms with E-state index in [4.69, 9.17) is 52.5 Å². The van der Waals surface area contributed by atoms with Crippen LogP contribution in [0.2, 0.25) is 0 Å². The van der Waals surface area contributed by atoms with Crippen molar-refractivity contribution in [3.05, 3.63) is 109 Å². The first-order chi connectivity index (χ1) is 43.2.